The Balaban J connectivity index is 1.32. The first-order chi connectivity index (χ1) is 15.7. The number of alkyl halides is 3. The minimum atomic E-state index is -4.37. The smallest absolute Gasteiger partial charge is 0.338 e. The number of benzene rings is 2. The largest absolute Gasteiger partial charge is 0.416 e. The van der Waals surface area contributed by atoms with E-state index in [0.717, 1.165) is 24.1 Å². The van der Waals surface area contributed by atoms with Crippen molar-refractivity contribution >= 4 is 11.9 Å². The number of hydrogen-bond acceptors (Lipinski definition) is 2. The number of likely N-dealkylation sites (tertiary alicyclic amines) is 1. The molecule has 0 unspecified atom stereocenters. The summed E-state index contributed by atoms with van der Waals surface area (Å²) in [5.41, 5.74) is 1.01. The van der Waals surface area contributed by atoms with Crippen LogP contribution in [0.3, 0.4) is 0 Å². The van der Waals surface area contributed by atoms with Crippen molar-refractivity contribution in [2.75, 3.05) is 6.54 Å². The molecule has 0 spiro atoms. The van der Waals surface area contributed by atoms with E-state index in [9.17, 15) is 22.8 Å². The Bertz CT molecular complexity index is 979. The van der Waals surface area contributed by atoms with Gasteiger partial charge in [0.1, 0.15) is 0 Å². The standard InChI is InChI=1S/C25H28F3N3O2/c1-16-11-22-20(21(16)14-30-24(33)29-13-17-5-3-2-4-6-17)12-23(32)31(22)15-18-7-9-19(10-8-18)25(26,27)28/h2-10,16,20-22H,11-15H2,1H3,(H2,29,30,33)/t16-,20-,21+,22+/m0/s1. The number of amides is 3. The van der Waals surface area contributed by atoms with Crippen LogP contribution in [0.2, 0.25) is 0 Å². The van der Waals surface area contributed by atoms with E-state index in [4.69, 9.17) is 0 Å². The molecule has 33 heavy (non-hydrogen) atoms. The number of urea groups is 1. The lowest BCUT2D eigenvalue weighted by Crippen LogP contribution is -2.40. The van der Waals surface area contributed by atoms with E-state index in [1.165, 1.54) is 12.1 Å². The molecule has 4 rings (SSSR count). The molecule has 1 saturated heterocycles. The molecule has 0 aromatic heterocycles. The highest BCUT2D eigenvalue weighted by Crippen LogP contribution is 2.46. The number of nitrogens with one attached hydrogen (secondary N) is 2. The summed E-state index contributed by atoms with van der Waals surface area (Å²) in [6, 6.07) is 14.5. The van der Waals surface area contributed by atoms with E-state index in [1.54, 1.807) is 4.90 Å². The summed E-state index contributed by atoms with van der Waals surface area (Å²) in [4.78, 5) is 26.8. The van der Waals surface area contributed by atoms with E-state index in [1.807, 2.05) is 30.3 Å². The average molecular weight is 460 g/mol. The summed E-state index contributed by atoms with van der Waals surface area (Å²) in [6.45, 7) is 3.37. The van der Waals surface area contributed by atoms with Gasteiger partial charge in [-0.1, -0.05) is 49.4 Å². The van der Waals surface area contributed by atoms with Crippen molar-refractivity contribution in [3.8, 4) is 0 Å². The van der Waals surface area contributed by atoms with Gasteiger partial charge in [-0.05, 0) is 47.4 Å². The molecule has 1 saturated carbocycles. The third-order valence-electron chi connectivity index (χ3n) is 6.95. The van der Waals surface area contributed by atoms with Crippen LogP contribution < -0.4 is 10.6 Å². The minimum Gasteiger partial charge on any atom is -0.338 e. The monoisotopic (exact) mass is 459 g/mol. The summed E-state index contributed by atoms with van der Waals surface area (Å²) in [7, 11) is 0. The van der Waals surface area contributed by atoms with Gasteiger partial charge in [0, 0.05) is 32.1 Å². The predicted molar refractivity (Wildman–Crippen MR) is 118 cm³/mol. The molecule has 2 aromatic rings. The van der Waals surface area contributed by atoms with E-state index in [2.05, 4.69) is 17.6 Å². The molecule has 176 valence electrons. The van der Waals surface area contributed by atoms with Crippen LogP contribution in [-0.2, 0) is 24.1 Å². The molecule has 0 bridgehead atoms. The van der Waals surface area contributed by atoms with E-state index in [0.29, 0.717) is 37.5 Å². The van der Waals surface area contributed by atoms with E-state index in [-0.39, 0.29) is 29.8 Å². The number of nitrogens with zero attached hydrogens (tertiary/aromatic N) is 1. The highest BCUT2D eigenvalue weighted by Gasteiger charge is 2.50. The Morgan fingerprint density at radius 1 is 1.03 bits per heavy atom. The van der Waals surface area contributed by atoms with Gasteiger partial charge in [-0.25, -0.2) is 4.79 Å². The summed E-state index contributed by atoms with van der Waals surface area (Å²) >= 11 is 0. The Labute approximate surface area is 191 Å². The van der Waals surface area contributed by atoms with Crippen LogP contribution in [0.1, 0.15) is 36.5 Å². The quantitative estimate of drug-likeness (QED) is 0.665. The minimum absolute atomic E-state index is 0.0235. The maximum Gasteiger partial charge on any atom is 0.416 e. The van der Waals surface area contributed by atoms with Crippen LogP contribution >= 0.6 is 0 Å². The summed E-state index contributed by atoms with van der Waals surface area (Å²) < 4.78 is 38.4. The zero-order chi connectivity index (χ0) is 23.6. The fourth-order valence-electron chi connectivity index (χ4n) is 5.19. The molecule has 5 nitrogen and oxygen atoms in total. The second kappa shape index (κ2) is 9.45. The van der Waals surface area contributed by atoms with Crippen molar-refractivity contribution in [1.29, 1.82) is 0 Å². The third-order valence-corrected chi connectivity index (χ3v) is 6.95. The second-order valence-corrected chi connectivity index (χ2v) is 9.08. The lowest BCUT2D eigenvalue weighted by atomic mass is 9.88. The highest BCUT2D eigenvalue weighted by molar-refractivity contribution is 5.79. The molecular formula is C25H28F3N3O2. The molecule has 8 heteroatoms. The van der Waals surface area contributed by atoms with Crippen molar-refractivity contribution in [1.82, 2.24) is 15.5 Å². The fourth-order valence-corrected chi connectivity index (χ4v) is 5.19. The van der Waals surface area contributed by atoms with Crippen LogP contribution in [0.5, 0.6) is 0 Å². The normalized spacial score (nSPS) is 24.6. The number of hydrogen-bond donors (Lipinski definition) is 2. The average Bonchev–Trinajstić information content (AvgIpc) is 3.24. The van der Waals surface area contributed by atoms with Crippen LogP contribution in [0, 0.1) is 17.8 Å². The highest BCUT2D eigenvalue weighted by atomic mass is 19.4. The number of carbonyl (C=O) groups is 2. The summed E-state index contributed by atoms with van der Waals surface area (Å²) in [6.07, 6.45) is -3.13. The van der Waals surface area contributed by atoms with Crippen LogP contribution in [0.4, 0.5) is 18.0 Å². The second-order valence-electron chi connectivity index (χ2n) is 9.08. The van der Waals surface area contributed by atoms with Crippen LogP contribution in [-0.4, -0.2) is 29.4 Å². The molecule has 2 fully saturated rings. The van der Waals surface area contributed by atoms with Gasteiger partial charge in [-0.15, -0.1) is 0 Å². The van der Waals surface area contributed by atoms with Crippen molar-refractivity contribution in [2.45, 2.75) is 45.1 Å². The zero-order valence-electron chi connectivity index (χ0n) is 18.4. The molecule has 0 radical (unpaired) electrons. The maximum absolute atomic E-state index is 12.8. The van der Waals surface area contributed by atoms with E-state index < -0.39 is 11.7 Å². The number of halogens is 3. The molecule has 1 aliphatic heterocycles. The Hall–Kier alpha value is -3.03. The molecule has 2 aromatic carbocycles. The van der Waals surface area contributed by atoms with Gasteiger partial charge < -0.3 is 15.5 Å². The Morgan fingerprint density at radius 3 is 2.39 bits per heavy atom. The lowest BCUT2D eigenvalue weighted by Gasteiger charge is -2.25. The number of carbonyl (C=O) groups excluding carboxylic acids is 2. The molecule has 3 amide bonds. The predicted octanol–water partition coefficient (Wildman–Crippen LogP) is 4.58. The Kier molecular flexibility index (Phi) is 6.63. The number of rotatable bonds is 6. The zero-order valence-corrected chi connectivity index (χ0v) is 18.4. The van der Waals surface area contributed by atoms with Crippen molar-refractivity contribution in [3.05, 3.63) is 71.3 Å². The molecule has 1 aliphatic carbocycles. The lowest BCUT2D eigenvalue weighted by molar-refractivity contribution is -0.137. The first-order valence-electron chi connectivity index (χ1n) is 11.2. The van der Waals surface area contributed by atoms with Crippen LogP contribution in [0.15, 0.2) is 54.6 Å². The first-order valence-corrected chi connectivity index (χ1v) is 11.2. The van der Waals surface area contributed by atoms with Gasteiger partial charge >= 0.3 is 12.2 Å². The molecule has 4 atom stereocenters. The molecule has 2 N–H and O–H groups in total. The van der Waals surface area contributed by atoms with Crippen molar-refractivity contribution in [3.63, 3.8) is 0 Å². The first kappa shape index (κ1) is 23.1. The van der Waals surface area contributed by atoms with Gasteiger partial charge in [0.25, 0.3) is 0 Å². The summed E-state index contributed by atoms with van der Waals surface area (Å²) in [5, 5.41) is 5.81. The van der Waals surface area contributed by atoms with Gasteiger partial charge in [0.05, 0.1) is 5.56 Å². The maximum atomic E-state index is 12.8. The molecule has 1 heterocycles. The molecule has 2 aliphatic rings. The van der Waals surface area contributed by atoms with Crippen molar-refractivity contribution < 1.29 is 22.8 Å². The number of fused-ring (bicyclic) bond motifs is 1. The van der Waals surface area contributed by atoms with Gasteiger partial charge in [-0.2, -0.15) is 13.2 Å². The van der Waals surface area contributed by atoms with E-state index >= 15 is 0 Å². The third kappa shape index (κ3) is 5.31. The SMILES string of the molecule is C[C@H]1C[C@@H]2[C@@H](CC(=O)N2Cc2ccc(C(F)(F)F)cc2)[C@@H]1CNC(=O)NCc1ccccc1. The topological polar surface area (TPSA) is 61.4 Å². The fraction of sp³-hybridized carbons (Fsp3) is 0.440. The van der Waals surface area contributed by atoms with Gasteiger partial charge in [-0.3, -0.25) is 4.79 Å². The summed E-state index contributed by atoms with van der Waals surface area (Å²) in [5.74, 6) is 0.670. The van der Waals surface area contributed by atoms with Crippen LogP contribution in [0.25, 0.3) is 0 Å². The Morgan fingerprint density at radius 2 is 1.73 bits per heavy atom. The molecular weight excluding hydrogens is 431 g/mol. The van der Waals surface area contributed by atoms with Gasteiger partial charge in [0.2, 0.25) is 5.91 Å². The van der Waals surface area contributed by atoms with Crippen molar-refractivity contribution in [2.24, 2.45) is 17.8 Å². The van der Waals surface area contributed by atoms with Gasteiger partial charge in [0.15, 0.2) is 0 Å².